The summed E-state index contributed by atoms with van der Waals surface area (Å²) in [5.41, 5.74) is -1.90. The van der Waals surface area contributed by atoms with Crippen molar-refractivity contribution in [1.29, 1.82) is 0 Å². The summed E-state index contributed by atoms with van der Waals surface area (Å²) in [6.07, 6.45) is 0. The van der Waals surface area contributed by atoms with Gasteiger partial charge >= 0.3 is 0 Å². The number of rotatable bonds is 4. The van der Waals surface area contributed by atoms with Crippen LogP contribution in [0.1, 0.15) is 5.56 Å². The maximum absolute atomic E-state index is 12.6. The van der Waals surface area contributed by atoms with Gasteiger partial charge in [-0.3, -0.25) is 10.1 Å². The van der Waals surface area contributed by atoms with Crippen molar-refractivity contribution in [2.24, 2.45) is 0 Å². The number of aliphatic hydroxyl groups excluding tert-OH is 2. The lowest BCUT2D eigenvalue weighted by molar-refractivity contribution is -0.586. The summed E-state index contributed by atoms with van der Waals surface area (Å²) in [4.78, 5) is 9.98. The molecule has 0 aliphatic heterocycles. The SMILES string of the molecule is O=[N+]([O-])C(CO)(CO)c1ccc(F)cc1. The highest BCUT2D eigenvalue weighted by atomic mass is 19.1. The molecule has 0 radical (unpaired) electrons. The highest BCUT2D eigenvalue weighted by Gasteiger charge is 2.43. The largest absolute Gasteiger partial charge is 0.388 e. The first-order chi connectivity index (χ1) is 7.06. The molecule has 1 rings (SSSR count). The van der Waals surface area contributed by atoms with E-state index in [4.69, 9.17) is 10.2 Å². The molecule has 1 aromatic rings. The number of benzene rings is 1. The molecule has 15 heavy (non-hydrogen) atoms. The summed E-state index contributed by atoms with van der Waals surface area (Å²) < 4.78 is 12.6. The van der Waals surface area contributed by atoms with Crippen molar-refractivity contribution in [3.05, 3.63) is 45.8 Å². The highest BCUT2D eigenvalue weighted by molar-refractivity contribution is 5.23. The second-order valence-corrected chi connectivity index (χ2v) is 3.11. The highest BCUT2D eigenvalue weighted by Crippen LogP contribution is 2.24. The fourth-order valence-electron chi connectivity index (χ4n) is 1.21. The normalized spacial score (nSPS) is 11.4. The van der Waals surface area contributed by atoms with Crippen molar-refractivity contribution in [3.8, 4) is 0 Å². The average molecular weight is 215 g/mol. The maximum Gasteiger partial charge on any atom is 0.292 e. The Labute approximate surface area is 84.9 Å². The molecule has 6 heteroatoms. The van der Waals surface area contributed by atoms with Gasteiger partial charge in [-0.1, -0.05) is 0 Å². The Balaban J connectivity index is 3.20. The van der Waals surface area contributed by atoms with Gasteiger partial charge in [-0.25, -0.2) is 4.39 Å². The summed E-state index contributed by atoms with van der Waals surface area (Å²) >= 11 is 0. The lowest BCUT2D eigenvalue weighted by Gasteiger charge is -2.20. The molecule has 0 atom stereocenters. The first-order valence-corrected chi connectivity index (χ1v) is 4.19. The van der Waals surface area contributed by atoms with Crippen molar-refractivity contribution in [2.45, 2.75) is 5.54 Å². The van der Waals surface area contributed by atoms with Gasteiger partial charge in [-0.2, -0.15) is 0 Å². The van der Waals surface area contributed by atoms with Crippen LogP contribution in [0.25, 0.3) is 0 Å². The number of aliphatic hydroxyl groups is 2. The molecule has 0 fully saturated rings. The number of hydrogen-bond donors (Lipinski definition) is 2. The van der Waals surface area contributed by atoms with Gasteiger partial charge in [0, 0.05) is 10.5 Å². The topological polar surface area (TPSA) is 83.6 Å². The van der Waals surface area contributed by atoms with Gasteiger partial charge in [0.1, 0.15) is 19.0 Å². The number of hydrogen-bond acceptors (Lipinski definition) is 4. The quantitative estimate of drug-likeness (QED) is 0.558. The molecule has 0 unspecified atom stereocenters. The van der Waals surface area contributed by atoms with Crippen LogP contribution in [0.3, 0.4) is 0 Å². The van der Waals surface area contributed by atoms with E-state index in [1.807, 2.05) is 0 Å². The first-order valence-electron chi connectivity index (χ1n) is 4.19. The van der Waals surface area contributed by atoms with Crippen LogP contribution in [-0.2, 0) is 5.54 Å². The Morgan fingerprint density at radius 1 is 1.27 bits per heavy atom. The third-order valence-corrected chi connectivity index (χ3v) is 2.25. The van der Waals surface area contributed by atoms with Gasteiger partial charge in [-0.15, -0.1) is 0 Å². The Morgan fingerprint density at radius 3 is 2.07 bits per heavy atom. The summed E-state index contributed by atoms with van der Waals surface area (Å²) in [6.45, 7) is -1.69. The molecule has 0 bridgehead atoms. The summed E-state index contributed by atoms with van der Waals surface area (Å²) in [6, 6.07) is 4.42. The molecule has 5 nitrogen and oxygen atoms in total. The Kier molecular flexibility index (Phi) is 3.33. The van der Waals surface area contributed by atoms with Crippen LogP contribution in [0, 0.1) is 15.9 Å². The maximum atomic E-state index is 12.6. The third kappa shape index (κ3) is 1.95. The summed E-state index contributed by atoms with van der Waals surface area (Å²) in [7, 11) is 0. The minimum Gasteiger partial charge on any atom is -0.388 e. The monoisotopic (exact) mass is 215 g/mol. The summed E-state index contributed by atoms with van der Waals surface area (Å²) in [5.74, 6) is -0.535. The molecule has 0 aliphatic carbocycles. The van der Waals surface area contributed by atoms with Crippen LogP contribution < -0.4 is 0 Å². The first kappa shape index (κ1) is 11.5. The molecule has 0 amide bonds. The molecular weight excluding hydrogens is 205 g/mol. The van der Waals surface area contributed by atoms with E-state index in [2.05, 4.69) is 0 Å². The molecule has 82 valence electrons. The molecule has 1 aromatic carbocycles. The van der Waals surface area contributed by atoms with Gasteiger partial charge in [0.15, 0.2) is 0 Å². The van der Waals surface area contributed by atoms with Gasteiger partial charge in [-0.05, 0) is 24.3 Å². The number of nitro groups is 1. The Morgan fingerprint density at radius 2 is 1.73 bits per heavy atom. The standard InChI is InChI=1S/C9H10FNO4/c10-8-3-1-7(2-4-8)9(5-12,6-13)11(14)15/h1-4,12-13H,5-6H2. The van der Waals surface area contributed by atoms with E-state index in [0.717, 1.165) is 12.1 Å². The zero-order chi connectivity index (χ0) is 11.5. The van der Waals surface area contributed by atoms with Gasteiger partial charge in [0.2, 0.25) is 0 Å². The van der Waals surface area contributed by atoms with Crippen molar-refractivity contribution in [1.82, 2.24) is 0 Å². The summed E-state index contributed by atoms with van der Waals surface area (Å²) in [5, 5.41) is 28.7. The van der Waals surface area contributed by atoms with E-state index in [9.17, 15) is 14.5 Å². The predicted molar refractivity (Wildman–Crippen MR) is 49.2 cm³/mol. The lowest BCUT2D eigenvalue weighted by atomic mass is 9.92. The molecular formula is C9H10FNO4. The molecule has 2 N–H and O–H groups in total. The van der Waals surface area contributed by atoms with Crippen molar-refractivity contribution in [3.63, 3.8) is 0 Å². The second kappa shape index (κ2) is 4.33. The van der Waals surface area contributed by atoms with Crippen LogP contribution >= 0.6 is 0 Å². The van der Waals surface area contributed by atoms with Crippen LogP contribution in [0.5, 0.6) is 0 Å². The Bertz CT molecular complexity index is 348. The van der Waals surface area contributed by atoms with E-state index in [1.165, 1.54) is 12.1 Å². The third-order valence-electron chi connectivity index (χ3n) is 2.25. The number of nitrogens with zero attached hydrogens (tertiary/aromatic N) is 1. The molecule has 0 saturated carbocycles. The van der Waals surface area contributed by atoms with Crippen molar-refractivity contribution in [2.75, 3.05) is 13.2 Å². The second-order valence-electron chi connectivity index (χ2n) is 3.11. The zero-order valence-corrected chi connectivity index (χ0v) is 7.76. The minimum absolute atomic E-state index is 0.0684. The lowest BCUT2D eigenvalue weighted by Crippen LogP contribution is -2.42. The number of halogens is 1. The zero-order valence-electron chi connectivity index (χ0n) is 7.76. The molecule has 0 aromatic heterocycles. The van der Waals surface area contributed by atoms with Gasteiger partial charge in [0.25, 0.3) is 5.54 Å². The smallest absolute Gasteiger partial charge is 0.292 e. The molecule has 0 saturated heterocycles. The van der Waals surface area contributed by atoms with E-state index < -0.39 is 29.5 Å². The van der Waals surface area contributed by atoms with Crippen LogP contribution in [-0.4, -0.2) is 28.4 Å². The van der Waals surface area contributed by atoms with Crippen LogP contribution in [0.2, 0.25) is 0 Å². The molecule has 0 aliphatic rings. The van der Waals surface area contributed by atoms with Crippen LogP contribution in [0.15, 0.2) is 24.3 Å². The van der Waals surface area contributed by atoms with Gasteiger partial charge in [0.05, 0.1) is 0 Å². The average Bonchev–Trinajstić information content (AvgIpc) is 2.22. The van der Waals surface area contributed by atoms with Crippen molar-refractivity contribution < 1.29 is 19.5 Å². The molecule has 0 spiro atoms. The molecule has 0 heterocycles. The van der Waals surface area contributed by atoms with Gasteiger partial charge < -0.3 is 10.2 Å². The predicted octanol–water partition coefficient (Wildman–Crippen LogP) is 0.282. The van der Waals surface area contributed by atoms with E-state index in [0.29, 0.717) is 0 Å². The minimum atomic E-state index is -1.96. The van der Waals surface area contributed by atoms with Crippen molar-refractivity contribution >= 4 is 0 Å². The Hall–Kier alpha value is -1.53. The van der Waals surface area contributed by atoms with Crippen LogP contribution in [0.4, 0.5) is 4.39 Å². The van der Waals surface area contributed by atoms with E-state index in [-0.39, 0.29) is 5.56 Å². The van der Waals surface area contributed by atoms with E-state index >= 15 is 0 Å². The van der Waals surface area contributed by atoms with E-state index in [1.54, 1.807) is 0 Å². The fraction of sp³-hybridized carbons (Fsp3) is 0.333. The fourth-order valence-corrected chi connectivity index (χ4v) is 1.21.